The second-order valence-electron chi connectivity index (χ2n) is 3.03. The normalized spacial score (nSPS) is 13.1. The van der Waals surface area contributed by atoms with E-state index < -0.39 is 0 Å². The van der Waals surface area contributed by atoms with Crippen LogP contribution in [-0.2, 0) is 0 Å². The van der Waals surface area contributed by atoms with E-state index in [-0.39, 0.29) is 0 Å². The Morgan fingerprint density at radius 1 is 1.36 bits per heavy atom. The molecule has 1 rings (SSSR count). The van der Waals surface area contributed by atoms with Gasteiger partial charge < -0.3 is 5.21 Å². The Kier molecular flexibility index (Phi) is 3.89. The first kappa shape index (κ1) is 11.0. The molecule has 0 amide bonds. The predicted octanol–water partition coefficient (Wildman–Crippen LogP) is 3.70. The van der Waals surface area contributed by atoms with Crippen LogP contribution in [0.4, 0.5) is 0 Å². The van der Waals surface area contributed by atoms with Gasteiger partial charge in [-0.05, 0) is 37.1 Å². The second kappa shape index (κ2) is 4.96. The average molecular weight is 254 g/mol. The van der Waals surface area contributed by atoms with Crippen molar-refractivity contribution in [2.45, 2.75) is 13.8 Å². The van der Waals surface area contributed by atoms with Gasteiger partial charge in [-0.25, -0.2) is 0 Å². The number of hydrogen-bond donors (Lipinski definition) is 1. The molecule has 0 unspecified atom stereocenters. The molecule has 14 heavy (non-hydrogen) atoms. The Balaban J connectivity index is 3.04. The van der Waals surface area contributed by atoms with Crippen molar-refractivity contribution in [2.75, 3.05) is 0 Å². The number of hydrogen-bond acceptors (Lipinski definition) is 2. The molecule has 0 atom stereocenters. The summed E-state index contributed by atoms with van der Waals surface area (Å²) in [5, 5.41) is 11.7. The van der Waals surface area contributed by atoms with Crippen LogP contribution in [0.2, 0.25) is 0 Å². The predicted molar refractivity (Wildman–Crippen MR) is 62.7 cm³/mol. The summed E-state index contributed by atoms with van der Waals surface area (Å²) in [5.74, 6) is 0. The van der Waals surface area contributed by atoms with Crippen LogP contribution in [0.5, 0.6) is 0 Å². The number of nitrogens with zero attached hydrogens (tertiary/aromatic N) is 1. The van der Waals surface area contributed by atoms with Gasteiger partial charge in [-0.2, -0.15) is 0 Å². The maximum absolute atomic E-state index is 8.59. The van der Waals surface area contributed by atoms with E-state index in [4.69, 9.17) is 5.21 Å². The molecule has 0 heterocycles. The van der Waals surface area contributed by atoms with Gasteiger partial charge in [0, 0.05) is 4.47 Å². The zero-order valence-corrected chi connectivity index (χ0v) is 9.75. The molecule has 1 aromatic rings. The van der Waals surface area contributed by atoms with Gasteiger partial charge in [0.1, 0.15) is 0 Å². The molecule has 0 aromatic heterocycles. The molecule has 0 aliphatic rings. The number of halogens is 1. The molecular formula is C11H12BrNO. The van der Waals surface area contributed by atoms with E-state index in [2.05, 4.69) is 21.1 Å². The smallest absolute Gasteiger partial charge is 0.0794 e. The molecule has 0 aliphatic carbocycles. The number of rotatable bonds is 2. The fourth-order valence-electron chi connectivity index (χ4n) is 1.01. The second-order valence-corrected chi connectivity index (χ2v) is 3.89. The lowest BCUT2D eigenvalue weighted by Gasteiger charge is -2.00. The molecule has 0 aliphatic heterocycles. The third kappa shape index (κ3) is 2.70. The zero-order chi connectivity index (χ0) is 10.6. The van der Waals surface area contributed by atoms with Crippen LogP contribution in [0.1, 0.15) is 19.4 Å². The van der Waals surface area contributed by atoms with Crippen LogP contribution in [0.25, 0.3) is 6.08 Å². The Labute approximate surface area is 92.1 Å². The molecule has 1 N–H and O–H groups in total. The first-order valence-electron chi connectivity index (χ1n) is 4.27. The van der Waals surface area contributed by atoms with E-state index >= 15 is 0 Å². The zero-order valence-electron chi connectivity index (χ0n) is 8.16. The van der Waals surface area contributed by atoms with Gasteiger partial charge in [-0.3, -0.25) is 0 Å². The third-order valence-corrected chi connectivity index (χ3v) is 2.72. The molecule has 0 fully saturated rings. The number of benzene rings is 1. The molecule has 0 spiro atoms. The largest absolute Gasteiger partial charge is 0.411 e. The SMILES string of the molecule is CC(=C/c1ccccc1Br)/C(C)=N/O. The maximum atomic E-state index is 8.59. The quantitative estimate of drug-likeness (QED) is 0.487. The first-order valence-corrected chi connectivity index (χ1v) is 5.06. The summed E-state index contributed by atoms with van der Waals surface area (Å²) < 4.78 is 1.03. The lowest BCUT2D eigenvalue weighted by Crippen LogP contribution is -1.92. The van der Waals surface area contributed by atoms with Crippen molar-refractivity contribution in [2.24, 2.45) is 5.16 Å². The van der Waals surface area contributed by atoms with Gasteiger partial charge in [0.2, 0.25) is 0 Å². The van der Waals surface area contributed by atoms with E-state index in [1.54, 1.807) is 6.92 Å². The summed E-state index contributed by atoms with van der Waals surface area (Å²) in [7, 11) is 0. The highest BCUT2D eigenvalue weighted by Gasteiger charge is 1.98. The highest BCUT2D eigenvalue weighted by Crippen LogP contribution is 2.19. The van der Waals surface area contributed by atoms with Crippen molar-refractivity contribution in [3.8, 4) is 0 Å². The van der Waals surface area contributed by atoms with Crippen molar-refractivity contribution in [3.05, 3.63) is 39.9 Å². The fourth-order valence-corrected chi connectivity index (χ4v) is 1.41. The highest BCUT2D eigenvalue weighted by atomic mass is 79.9. The van der Waals surface area contributed by atoms with Gasteiger partial charge >= 0.3 is 0 Å². The number of allylic oxidation sites excluding steroid dienone is 1. The summed E-state index contributed by atoms with van der Waals surface area (Å²) in [6, 6.07) is 7.90. The van der Waals surface area contributed by atoms with E-state index in [0.29, 0.717) is 5.71 Å². The van der Waals surface area contributed by atoms with Crippen molar-refractivity contribution in [1.29, 1.82) is 0 Å². The fraction of sp³-hybridized carbons (Fsp3) is 0.182. The van der Waals surface area contributed by atoms with E-state index in [1.807, 2.05) is 37.3 Å². The van der Waals surface area contributed by atoms with Crippen molar-refractivity contribution < 1.29 is 5.21 Å². The highest BCUT2D eigenvalue weighted by molar-refractivity contribution is 9.10. The molecule has 2 nitrogen and oxygen atoms in total. The van der Waals surface area contributed by atoms with Gasteiger partial charge in [0.15, 0.2) is 0 Å². The minimum Gasteiger partial charge on any atom is -0.411 e. The first-order chi connectivity index (χ1) is 6.65. The summed E-state index contributed by atoms with van der Waals surface area (Å²) >= 11 is 3.45. The molecule has 1 aromatic carbocycles. The van der Waals surface area contributed by atoms with Crippen LogP contribution < -0.4 is 0 Å². The molecule has 0 saturated heterocycles. The summed E-state index contributed by atoms with van der Waals surface area (Å²) in [6.45, 7) is 3.68. The van der Waals surface area contributed by atoms with Crippen molar-refractivity contribution in [3.63, 3.8) is 0 Å². The van der Waals surface area contributed by atoms with Crippen LogP contribution >= 0.6 is 15.9 Å². The van der Waals surface area contributed by atoms with Crippen LogP contribution in [0.15, 0.2) is 39.5 Å². The summed E-state index contributed by atoms with van der Waals surface area (Å²) in [4.78, 5) is 0. The van der Waals surface area contributed by atoms with Crippen molar-refractivity contribution >= 4 is 27.7 Å². The van der Waals surface area contributed by atoms with Gasteiger partial charge in [0.05, 0.1) is 5.71 Å². The Morgan fingerprint density at radius 3 is 2.57 bits per heavy atom. The van der Waals surface area contributed by atoms with Gasteiger partial charge in [0.25, 0.3) is 0 Å². The van der Waals surface area contributed by atoms with E-state index in [1.165, 1.54) is 0 Å². The molecule has 3 heteroatoms. The summed E-state index contributed by atoms with van der Waals surface area (Å²) in [6.07, 6.45) is 1.97. The maximum Gasteiger partial charge on any atom is 0.0794 e. The minimum absolute atomic E-state index is 0.626. The topological polar surface area (TPSA) is 32.6 Å². The lowest BCUT2D eigenvalue weighted by molar-refractivity contribution is 0.319. The molecular weight excluding hydrogens is 242 g/mol. The third-order valence-electron chi connectivity index (χ3n) is 2.00. The molecule has 0 saturated carbocycles. The standard InChI is InChI=1S/C11H12BrNO/c1-8(9(2)13-14)7-10-5-3-4-6-11(10)12/h3-7,14H,1-2H3/b8-7-,13-9+. The monoisotopic (exact) mass is 253 g/mol. The van der Waals surface area contributed by atoms with Gasteiger partial charge in [-0.1, -0.05) is 39.3 Å². The number of oxime groups is 1. The molecule has 74 valence electrons. The Hall–Kier alpha value is -1.09. The Morgan fingerprint density at radius 2 is 2.00 bits per heavy atom. The van der Waals surface area contributed by atoms with E-state index in [9.17, 15) is 0 Å². The van der Waals surface area contributed by atoms with Crippen LogP contribution in [-0.4, -0.2) is 10.9 Å². The van der Waals surface area contributed by atoms with Crippen molar-refractivity contribution in [1.82, 2.24) is 0 Å². The van der Waals surface area contributed by atoms with Gasteiger partial charge in [-0.15, -0.1) is 0 Å². The average Bonchev–Trinajstić information content (AvgIpc) is 2.20. The molecule has 0 bridgehead atoms. The van der Waals surface area contributed by atoms with Crippen LogP contribution in [0.3, 0.4) is 0 Å². The summed E-state index contributed by atoms with van der Waals surface area (Å²) in [5.41, 5.74) is 2.65. The van der Waals surface area contributed by atoms with Crippen LogP contribution in [0, 0.1) is 0 Å². The molecule has 0 radical (unpaired) electrons. The van der Waals surface area contributed by atoms with E-state index in [0.717, 1.165) is 15.6 Å². The Bertz CT molecular complexity index is 383. The minimum atomic E-state index is 0.626. The lowest BCUT2D eigenvalue weighted by atomic mass is 10.1.